The molecule has 2 N–H and O–H groups in total. The lowest BCUT2D eigenvalue weighted by molar-refractivity contribution is -0.120. The molecule has 1 aliphatic rings. The smallest absolute Gasteiger partial charge is 0.326 e. The molecule has 2 aromatic carbocycles. The third-order valence-corrected chi connectivity index (χ3v) is 6.96. The van der Waals surface area contributed by atoms with Crippen LogP contribution in [0.4, 0.5) is 5.69 Å². The maximum Gasteiger partial charge on any atom is 0.439 e. The Labute approximate surface area is 172 Å². The number of carbonyl (C=O) groups is 1. The van der Waals surface area contributed by atoms with Gasteiger partial charge in [0.15, 0.2) is 5.82 Å². The number of amides is 1. The van der Waals surface area contributed by atoms with Crippen LogP contribution < -0.4 is 11.1 Å². The van der Waals surface area contributed by atoms with Crippen LogP contribution in [0.2, 0.25) is 0 Å². The van der Waals surface area contributed by atoms with Crippen LogP contribution in [-0.2, 0) is 14.8 Å². The molecule has 10 heteroatoms. The van der Waals surface area contributed by atoms with Crippen LogP contribution in [0.1, 0.15) is 12.8 Å². The minimum Gasteiger partial charge on any atom is -0.326 e. The second-order valence-electron chi connectivity index (χ2n) is 7.01. The van der Waals surface area contributed by atoms with Gasteiger partial charge >= 0.3 is 5.76 Å². The van der Waals surface area contributed by atoms with Gasteiger partial charge in [0.2, 0.25) is 15.9 Å². The average Bonchev–Trinajstić information content (AvgIpc) is 3.21. The Morgan fingerprint density at radius 1 is 1.10 bits per heavy atom. The van der Waals surface area contributed by atoms with Gasteiger partial charge in [0.05, 0.1) is 4.90 Å². The standard InChI is InChI=1S/C20H20N4O5S/c25-19(21-16-6-4-5-15(13-16)18-22-20(26)29-23-18)14-9-11-24(12-10-14)30(27,28)17-7-2-1-3-8-17/h1-8,13-14H,9-12H2,(H,21,25)(H,22,23,26). The Morgan fingerprint density at radius 3 is 2.50 bits per heavy atom. The zero-order valence-electron chi connectivity index (χ0n) is 15.9. The van der Waals surface area contributed by atoms with Crippen molar-refractivity contribution < 1.29 is 17.7 Å². The molecule has 3 aromatic rings. The highest BCUT2D eigenvalue weighted by molar-refractivity contribution is 7.89. The number of rotatable bonds is 5. The maximum atomic E-state index is 12.7. The number of sulfonamides is 1. The van der Waals surface area contributed by atoms with E-state index in [-0.39, 0.29) is 35.6 Å². The maximum absolute atomic E-state index is 12.7. The van der Waals surface area contributed by atoms with Gasteiger partial charge in [-0.05, 0) is 37.1 Å². The Balaban J connectivity index is 1.39. The molecule has 0 radical (unpaired) electrons. The number of nitrogens with one attached hydrogen (secondary N) is 2. The second kappa shape index (κ2) is 8.25. The van der Waals surface area contributed by atoms with Crippen molar-refractivity contribution in [1.29, 1.82) is 0 Å². The summed E-state index contributed by atoms with van der Waals surface area (Å²) in [6.45, 7) is 0.574. The Hall–Kier alpha value is -3.24. The van der Waals surface area contributed by atoms with E-state index in [0.29, 0.717) is 24.1 Å². The van der Waals surface area contributed by atoms with E-state index in [1.807, 2.05) is 0 Å². The van der Waals surface area contributed by atoms with Crippen LogP contribution in [0.15, 0.2) is 68.8 Å². The van der Waals surface area contributed by atoms with Crippen LogP contribution in [-0.4, -0.2) is 41.9 Å². The number of anilines is 1. The predicted octanol–water partition coefficient (Wildman–Crippen LogP) is 2.07. The number of carbonyl (C=O) groups excluding carboxylic acids is 1. The Morgan fingerprint density at radius 2 is 1.83 bits per heavy atom. The number of aromatic nitrogens is 2. The third-order valence-electron chi connectivity index (χ3n) is 5.05. The summed E-state index contributed by atoms with van der Waals surface area (Å²) in [4.78, 5) is 26.5. The summed E-state index contributed by atoms with van der Waals surface area (Å²) in [7, 11) is -3.55. The molecular formula is C20H20N4O5S. The number of H-pyrrole nitrogens is 1. The van der Waals surface area contributed by atoms with Gasteiger partial charge in [-0.1, -0.05) is 35.5 Å². The first kappa shape index (κ1) is 20.0. The molecule has 30 heavy (non-hydrogen) atoms. The first-order valence-electron chi connectivity index (χ1n) is 9.46. The summed E-state index contributed by atoms with van der Waals surface area (Å²) in [6.07, 6.45) is 0.877. The fourth-order valence-electron chi connectivity index (χ4n) is 3.44. The Bertz CT molecular complexity index is 1190. The zero-order valence-corrected chi connectivity index (χ0v) is 16.8. The summed E-state index contributed by atoms with van der Waals surface area (Å²) in [5, 5.41) is 6.49. The van der Waals surface area contributed by atoms with Gasteiger partial charge in [0.1, 0.15) is 0 Å². The molecule has 2 heterocycles. The summed E-state index contributed by atoms with van der Waals surface area (Å²) < 4.78 is 31.4. The molecule has 0 bridgehead atoms. The summed E-state index contributed by atoms with van der Waals surface area (Å²) in [5.74, 6) is -0.840. The van der Waals surface area contributed by atoms with E-state index in [4.69, 9.17) is 0 Å². The van der Waals surface area contributed by atoms with E-state index in [1.54, 1.807) is 54.6 Å². The van der Waals surface area contributed by atoms with Gasteiger partial charge < -0.3 is 5.32 Å². The second-order valence-corrected chi connectivity index (χ2v) is 8.94. The molecular weight excluding hydrogens is 408 g/mol. The number of hydrogen-bond acceptors (Lipinski definition) is 6. The van der Waals surface area contributed by atoms with Crippen LogP contribution in [0.5, 0.6) is 0 Å². The van der Waals surface area contributed by atoms with Crippen molar-refractivity contribution in [2.45, 2.75) is 17.7 Å². The number of benzene rings is 2. The van der Waals surface area contributed by atoms with Crippen LogP contribution >= 0.6 is 0 Å². The number of piperidine rings is 1. The monoisotopic (exact) mass is 428 g/mol. The summed E-state index contributed by atoms with van der Waals surface area (Å²) >= 11 is 0. The van der Waals surface area contributed by atoms with Gasteiger partial charge in [-0.3, -0.25) is 14.3 Å². The predicted molar refractivity (Wildman–Crippen MR) is 109 cm³/mol. The van der Waals surface area contributed by atoms with E-state index in [0.717, 1.165) is 0 Å². The van der Waals surface area contributed by atoms with Crippen molar-refractivity contribution in [2.75, 3.05) is 18.4 Å². The molecule has 0 atom stereocenters. The SMILES string of the molecule is O=C(Nc1cccc(-c2noc(=O)[nH]2)c1)C1CCN(S(=O)(=O)c2ccccc2)CC1. The van der Waals surface area contributed by atoms with Crippen molar-refractivity contribution in [3.63, 3.8) is 0 Å². The fraction of sp³-hybridized carbons (Fsp3) is 0.250. The molecule has 0 spiro atoms. The fourth-order valence-corrected chi connectivity index (χ4v) is 4.93. The molecule has 1 aromatic heterocycles. The topological polar surface area (TPSA) is 125 Å². The minimum atomic E-state index is -3.55. The molecule has 9 nitrogen and oxygen atoms in total. The molecule has 1 amide bonds. The molecule has 4 rings (SSSR count). The quantitative estimate of drug-likeness (QED) is 0.641. The largest absolute Gasteiger partial charge is 0.439 e. The summed E-state index contributed by atoms with van der Waals surface area (Å²) in [6, 6.07) is 15.2. The molecule has 1 saturated heterocycles. The molecule has 0 aliphatic carbocycles. The highest BCUT2D eigenvalue weighted by Crippen LogP contribution is 2.25. The number of hydrogen-bond donors (Lipinski definition) is 2. The van der Waals surface area contributed by atoms with E-state index < -0.39 is 15.8 Å². The van der Waals surface area contributed by atoms with Crippen molar-refractivity contribution in [3.8, 4) is 11.4 Å². The average molecular weight is 428 g/mol. The highest BCUT2D eigenvalue weighted by atomic mass is 32.2. The first-order valence-corrected chi connectivity index (χ1v) is 10.9. The van der Waals surface area contributed by atoms with E-state index in [9.17, 15) is 18.0 Å². The molecule has 156 valence electrons. The number of nitrogens with zero attached hydrogens (tertiary/aromatic N) is 2. The normalized spacial score (nSPS) is 15.7. The third kappa shape index (κ3) is 4.19. The van der Waals surface area contributed by atoms with Gasteiger partial charge in [0.25, 0.3) is 0 Å². The Kier molecular flexibility index (Phi) is 5.51. The van der Waals surface area contributed by atoms with Gasteiger partial charge in [0, 0.05) is 30.3 Å². The van der Waals surface area contributed by atoms with Crippen LogP contribution in [0, 0.1) is 5.92 Å². The van der Waals surface area contributed by atoms with Gasteiger partial charge in [-0.2, -0.15) is 4.31 Å². The minimum absolute atomic E-state index is 0.169. The molecule has 0 unspecified atom stereocenters. The summed E-state index contributed by atoms with van der Waals surface area (Å²) in [5.41, 5.74) is 1.16. The van der Waals surface area contributed by atoms with Crippen molar-refractivity contribution in [3.05, 3.63) is 65.1 Å². The lowest BCUT2D eigenvalue weighted by atomic mass is 9.97. The van der Waals surface area contributed by atoms with Crippen LogP contribution in [0.25, 0.3) is 11.4 Å². The first-order chi connectivity index (χ1) is 14.4. The molecule has 1 fully saturated rings. The highest BCUT2D eigenvalue weighted by Gasteiger charge is 2.32. The van der Waals surface area contributed by atoms with Gasteiger partial charge in [-0.15, -0.1) is 0 Å². The van der Waals surface area contributed by atoms with E-state index >= 15 is 0 Å². The van der Waals surface area contributed by atoms with E-state index in [2.05, 4.69) is 20.0 Å². The van der Waals surface area contributed by atoms with Crippen LogP contribution in [0.3, 0.4) is 0 Å². The van der Waals surface area contributed by atoms with E-state index in [1.165, 1.54) is 4.31 Å². The van der Waals surface area contributed by atoms with Crippen molar-refractivity contribution in [1.82, 2.24) is 14.4 Å². The zero-order chi connectivity index (χ0) is 21.1. The van der Waals surface area contributed by atoms with Crippen molar-refractivity contribution in [2.24, 2.45) is 5.92 Å². The molecule has 0 saturated carbocycles. The lowest BCUT2D eigenvalue weighted by Crippen LogP contribution is -2.41. The molecule has 1 aliphatic heterocycles. The lowest BCUT2D eigenvalue weighted by Gasteiger charge is -2.30. The van der Waals surface area contributed by atoms with Crippen molar-refractivity contribution >= 4 is 21.6 Å². The van der Waals surface area contributed by atoms with Gasteiger partial charge in [-0.25, -0.2) is 13.2 Å². The number of aromatic amines is 1.